The SMILES string of the molecule is O=S1(=O)NCCN1CCNc1nonc1C(=Nc1cc(Cl)c(F)c(Cl)c1)NO. The van der Waals surface area contributed by atoms with Gasteiger partial charge in [-0.05, 0) is 22.4 Å². The first-order valence-corrected chi connectivity index (χ1v) is 9.96. The summed E-state index contributed by atoms with van der Waals surface area (Å²) in [5.41, 5.74) is 1.98. The summed E-state index contributed by atoms with van der Waals surface area (Å²) < 4.78 is 45.2. The number of halogens is 3. The number of hydrogen-bond acceptors (Lipinski definition) is 8. The molecule has 0 unspecified atom stereocenters. The van der Waals surface area contributed by atoms with Crippen LogP contribution in [0, 0.1) is 5.82 Å². The van der Waals surface area contributed by atoms with E-state index in [1.165, 1.54) is 16.4 Å². The van der Waals surface area contributed by atoms with Crippen LogP contribution >= 0.6 is 23.2 Å². The lowest BCUT2D eigenvalue weighted by atomic mass is 10.3. The molecule has 1 aromatic heterocycles. The van der Waals surface area contributed by atoms with Crippen LogP contribution in [0.1, 0.15) is 5.69 Å². The fourth-order valence-electron chi connectivity index (χ4n) is 2.37. The average molecular weight is 454 g/mol. The smallest absolute Gasteiger partial charge is 0.279 e. The van der Waals surface area contributed by atoms with E-state index in [0.717, 1.165) is 0 Å². The highest BCUT2D eigenvalue weighted by Crippen LogP contribution is 2.29. The van der Waals surface area contributed by atoms with Crippen molar-refractivity contribution in [3.8, 4) is 0 Å². The number of rotatable bonds is 6. The van der Waals surface area contributed by atoms with Gasteiger partial charge in [0.25, 0.3) is 10.2 Å². The van der Waals surface area contributed by atoms with Crippen LogP contribution < -0.4 is 15.5 Å². The van der Waals surface area contributed by atoms with Gasteiger partial charge in [0.2, 0.25) is 5.82 Å². The summed E-state index contributed by atoms with van der Waals surface area (Å²) in [6, 6.07) is 2.40. The predicted octanol–water partition coefficient (Wildman–Crippen LogP) is 1.13. The molecular weight excluding hydrogens is 440 g/mol. The van der Waals surface area contributed by atoms with Crippen LogP contribution in [-0.2, 0) is 10.2 Å². The summed E-state index contributed by atoms with van der Waals surface area (Å²) in [7, 11) is -3.46. The third-order valence-corrected chi connectivity index (χ3v) is 5.83. The van der Waals surface area contributed by atoms with Crippen molar-refractivity contribution >= 4 is 50.8 Å². The van der Waals surface area contributed by atoms with E-state index in [2.05, 4.69) is 30.0 Å². The Morgan fingerprint density at radius 2 is 2.11 bits per heavy atom. The number of aliphatic imine (C=N–C) groups is 1. The van der Waals surface area contributed by atoms with Gasteiger partial charge in [-0.1, -0.05) is 23.2 Å². The molecule has 15 heteroatoms. The van der Waals surface area contributed by atoms with Crippen LogP contribution in [0.15, 0.2) is 21.8 Å². The number of hydroxylamine groups is 1. The predicted molar refractivity (Wildman–Crippen MR) is 98.8 cm³/mol. The minimum Gasteiger partial charge on any atom is -0.364 e. The summed E-state index contributed by atoms with van der Waals surface area (Å²) >= 11 is 11.5. The second-order valence-corrected chi connectivity index (χ2v) is 8.05. The van der Waals surface area contributed by atoms with E-state index in [1.807, 2.05) is 5.48 Å². The maximum atomic E-state index is 13.5. The first kappa shape index (κ1) is 20.7. The van der Waals surface area contributed by atoms with Crippen LogP contribution in [0.3, 0.4) is 0 Å². The van der Waals surface area contributed by atoms with Gasteiger partial charge in [0.1, 0.15) is 0 Å². The molecule has 2 aromatic rings. The number of benzene rings is 1. The third kappa shape index (κ3) is 4.51. The molecule has 2 heterocycles. The Bertz CT molecular complexity index is 978. The number of amidine groups is 1. The lowest BCUT2D eigenvalue weighted by molar-refractivity contribution is 0.234. The van der Waals surface area contributed by atoms with Crippen molar-refractivity contribution in [2.75, 3.05) is 31.5 Å². The summed E-state index contributed by atoms with van der Waals surface area (Å²) in [6.45, 7) is 1.05. The molecule has 0 amide bonds. The maximum Gasteiger partial charge on any atom is 0.279 e. The molecule has 0 spiro atoms. The van der Waals surface area contributed by atoms with Gasteiger partial charge >= 0.3 is 0 Å². The van der Waals surface area contributed by atoms with E-state index in [-0.39, 0.29) is 46.2 Å². The maximum absolute atomic E-state index is 13.5. The number of anilines is 1. The van der Waals surface area contributed by atoms with Gasteiger partial charge in [0, 0.05) is 26.2 Å². The van der Waals surface area contributed by atoms with E-state index in [0.29, 0.717) is 13.1 Å². The van der Waals surface area contributed by atoms with Gasteiger partial charge in [0.05, 0.1) is 15.7 Å². The Morgan fingerprint density at radius 3 is 2.71 bits per heavy atom. The fourth-order valence-corrected chi connectivity index (χ4v) is 4.04. The van der Waals surface area contributed by atoms with E-state index >= 15 is 0 Å². The molecule has 0 radical (unpaired) electrons. The molecule has 0 bridgehead atoms. The molecule has 4 N–H and O–H groups in total. The van der Waals surface area contributed by atoms with E-state index in [1.54, 1.807) is 0 Å². The van der Waals surface area contributed by atoms with Crippen molar-refractivity contribution in [3.05, 3.63) is 33.7 Å². The minimum absolute atomic E-state index is 0.00136. The molecule has 0 atom stereocenters. The molecule has 11 nitrogen and oxygen atoms in total. The number of nitrogens with one attached hydrogen (secondary N) is 3. The van der Waals surface area contributed by atoms with E-state index in [9.17, 15) is 18.0 Å². The zero-order valence-electron chi connectivity index (χ0n) is 14.0. The lowest BCUT2D eigenvalue weighted by Gasteiger charge is -2.13. The summed E-state index contributed by atoms with van der Waals surface area (Å²) in [5, 5.41) is 19.0. The highest BCUT2D eigenvalue weighted by atomic mass is 35.5. The molecule has 1 aliphatic rings. The molecule has 1 saturated heterocycles. The molecule has 1 aliphatic heterocycles. The van der Waals surface area contributed by atoms with Crippen molar-refractivity contribution in [1.82, 2.24) is 24.8 Å². The van der Waals surface area contributed by atoms with Crippen LogP contribution in [0.5, 0.6) is 0 Å². The largest absolute Gasteiger partial charge is 0.364 e. The Morgan fingerprint density at radius 1 is 1.39 bits per heavy atom. The quantitative estimate of drug-likeness (QED) is 0.220. The zero-order chi connectivity index (χ0) is 20.3. The zero-order valence-corrected chi connectivity index (χ0v) is 16.3. The standard InChI is InChI=1S/C13H14Cl2FN7O4S/c14-8-5-7(6-9(15)10(8)16)19-13(20-24)11-12(22-27-21-11)17-1-3-23-4-2-18-28(23,25)26/h5-6,18,24H,1-4H2,(H,17,22)(H,19,20). The first-order valence-electron chi connectivity index (χ1n) is 7.76. The van der Waals surface area contributed by atoms with Gasteiger partial charge in [0.15, 0.2) is 17.3 Å². The topological polar surface area (TPSA) is 145 Å². The van der Waals surface area contributed by atoms with Crippen LogP contribution in [0.4, 0.5) is 15.9 Å². The Labute approximate surface area is 168 Å². The van der Waals surface area contributed by atoms with E-state index < -0.39 is 16.0 Å². The summed E-state index contributed by atoms with van der Waals surface area (Å²) in [5.74, 6) is -0.875. The molecule has 3 rings (SSSR count). The van der Waals surface area contributed by atoms with Crippen molar-refractivity contribution in [1.29, 1.82) is 0 Å². The Balaban J connectivity index is 1.75. The Hall–Kier alpha value is -2.03. The number of nitrogens with zero attached hydrogens (tertiary/aromatic N) is 4. The molecule has 1 fully saturated rings. The summed E-state index contributed by atoms with van der Waals surface area (Å²) in [4.78, 5) is 4.05. The molecule has 28 heavy (non-hydrogen) atoms. The number of hydrogen-bond donors (Lipinski definition) is 4. The second kappa shape index (κ2) is 8.55. The minimum atomic E-state index is -3.46. The van der Waals surface area contributed by atoms with Crippen molar-refractivity contribution in [3.63, 3.8) is 0 Å². The molecule has 152 valence electrons. The first-order chi connectivity index (χ1) is 13.3. The molecule has 1 aromatic carbocycles. The third-order valence-electron chi connectivity index (χ3n) is 3.67. The van der Waals surface area contributed by atoms with Crippen LogP contribution in [0.25, 0.3) is 0 Å². The van der Waals surface area contributed by atoms with Gasteiger partial charge in [-0.25, -0.2) is 18.7 Å². The van der Waals surface area contributed by atoms with E-state index in [4.69, 9.17) is 23.2 Å². The second-order valence-electron chi connectivity index (χ2n) is 5.48. The van der Waals surface area contributed by atoms with Gasteiger partial charge < -0.3 is 5.32 Å². The highest BCUT2D eigenvalue weighted by molar-refractivity contribution is 7.87. The Kier molecular flexibility index (Phi) is 6.32. The lowest BCUT2D eigenvalue weighted by Crippen LogP contribution is -2.33. The van der Waals surface area contributed by atoms with Gasteiger partial charge in [-0.3, -0.25) is 10.7 Å². The van der Waals surface area contributed by atoms with Crippen molar-refractivity contribution < 1.29 is 22.6 Å². The van der Waals surface area contributed by atoms with Crippen molar-refractivity contribution in [2.24, 2.45) is 4.99 Å². The number of aromatic nitrogens is 2. The monoisotopic (exact) mass is 453 g/mol. The average Bonchev–Trinajstić information content (AvgIpc) is 3.24. The molecule has 0 aliphatic carbocycles. The fraction of sp³-hybridized carbons (Fsp3) is 0.308. The van der Waals surface area contributed by atoms with Crippen LogP contribution in [0.2, 0.25) is 10.0 Å². The molecular formula is C13H14Cl2FN7O4S. The van der Waals surface area contributed by atoms with Crippen molar-refractivity contribution in [2.45, 2.75) is 0 Å². The van der Waals surface area contributed by atoms with Crippen LogP contribution in [-0.4, -0.2) is 60.3 Å². The van der Waals surface area contributed by atoms with Gasteiger partial charge in [-0.2, -0.15) is 12.7 Å². The highest BCUT2D eigenvalue weighted by Gasteiger charge is 2.27. The van der Waals surface area contributed by atoms with Gasteiger partial charge in [-0.15, -0.1) is 0 Å². The summed E-state index contributed by atoms with van der Waals surface area (Å²) in [6.07, 6.45) is 0. The normalized spacial score (nSPS) is 17.1. The molecule has 0 saturated carbocycles.